The monoisotopic (exact) mass is 437 g/mol. The first-order valence-corrected chi connectivity index (χ1v) is 11.7. The lowest BCUT2D eigenvalue weighted by Gasteiger charge is -2.38. The number of nitrogens with one attached hydrogen (secondary N) is 2. The molecular weight excluding hydrogens is 398 g/mol. The summed E-state index contributed by atoms with van der Waals surface area (Å²) in [6.07, 6.45) is 3.50. The predicted octanol–water partition coefficient (Wildman–Crippen LogP) is 1.21. The average Bonchev–Trinajstić information content (AvgIpc) is 3.26. The highest BCUT2D eigenvalue weighted by Crippen LogP contribution is 2.63. The van der Waals surface area contributed by atoms with Crippen LogP contribution in [0.5, 0.6) is 0 Å². The van der Waals surface area contributed by atoms with Crippen molar-refractivity contribution < 1.29 is 24.2 Å². The van der Waals surface area contributed by atoms with Crippen LogP contribution in [0.15, 0.2) is 0 Å². The third-order valence-corrected chi connectivity index (χ3v) is 7.45. The normalized spacial score (nSPS) is 35.9. The molecule has 3 amide bonds. The average molecular weight is 438 g/mol. The molecule has 0 aromatic heterocycles. The van der Waals surface area contributed by atoms with Crippen LogP contribution in [-0.2, 0) is 19.1 Å². The highest BCUT2D eigenvalue weighted by Gasteiger charge is 2.78. The molecule has 3 fully saturated rings. The van der Waals surface area contributed by atoms with Gasteiger partial charge >= 0.3 is 0 Å². The molecule has 3 aliphatic heterocycles. The Kier molecular flexibility index (Phi) is 6.73. The number of carbonyl (C=O) groups excluding carboxylic acids is 3. The van der Waals surface area contributed by atoms with E-state index in [0.29, 0.717) is 19.3 Å². The van der Waals surface area contributed by atoms with Gasteiger partial charge in [0.15, 0.2) is 0 Å². The lowest BCUT2D eigenvalue weighted by molar-refractivity contribution is -0.150. The van der Waals surface area contributed by atoms with Gasteiger partial charge in [0.2, 0.25) is 17.7 Å². The first-order chi connectivity index (χ1) is 14.6. The first-order valence-electron chi connectivity index (χ1n) is 11.7. The van der Waals surface area contributed by atoms with Crippen molar-refractivity contribution in [2.24, 2.45) is 17.8 Å². The maximum atomic E-state index is 13.8. The van der Waals surface area contributed by atoms with E-state index in [1.165, 1.54) is 0 Å². The maximum absolute atomic E-state index is 13.8. The fourth-order valence-electron chi connectivity index (χ4n) is 6.26. The molecule has 0 aliphatic carbocycles. The number of hydrogen-bond acceptors (Lipinski definition) is 5. The number of fused-ring (bicyclic) bond motifs is 1. The molecule has 3 heterocycles. The van der Waals surface area contributed by atoms with Crippen LogP contribution < -0.4 is 10.6 Å². The van der Waals surface area contributed by atoms with E-state index in [-0.39, 0.29) is 36.3 Å². The molecule has 31 heavy (non-hydrogen) atoms. The lowest BCUT2D eigenvalue weighted by atomic mass is 9.66. The molecule has 0 aromatic rings. The Morgan fingerprint density at radius 2 is 1.94 bits per heavy atom. The molecule has 7 atom stereocenters. The number of amides is 3. The van der Waals surface area contributed by atoms with Crippen LogP contribution in [0.3, 0.4) is 0 Å². The summed E-state index contributed by atoms with van der Waals surface area (Å²) in [5, 5.41) is 15.9. The molecule has 8 heteroatoms. The summed E-state index contributed by atoms with van der Waals surface area (Å²) >= 11 is 0. The zero-order chi connectivity index (χ0) is 23.1. The second-order valence-corrected chi connectivity index (χ2v) is 10.3. The van der Waals surface area contributed by atoms with Crippen LogP contribution in [0.4, 0.5) is 0 Å². The van der Waals surface area contributed by atoms with Crippen LogP contribution in [-0.4, -0.2) is 70.7 Å². The summed E-state index contributed by atoms with van der Waals surface area (Å²) in [6, 6.07) is -1.38. The van der Waals surface area contributed by atoms with E-state index in [2.05, 4.69) is 17.6 Å². The third kappa shape index (κ3) is 3.75. The number of nitrogens with zero attached hydrogens (tertiary/aromatic N) is 1. The van der Waals surface area contributed by atoms with Crippen molar-refractivity contribution in [1.82, 2.24) is 15.5 Å². The van der Waals surface area contributed by atoms with E-state index in [1.807, 2.05) is 27.7 Å². The number of carbonyl (C=O) groups is 3. The van der Waals surface area contributed by atoms with Crippen molar-refractivity contribution in [3.8, 4) is 0 Å². The van der Waals surface area contributed by atoms with Gasteiger partial charge in [-0.05, 0) is 45.4 Å². The van der Waals surface area contributed by atoms with Gasteiger partial charge in [-0.25, -0.2) is 0 Å². The largest absolute Gasteiger partial charge is 0.394 e. The molecule has 3 aliphatic rings. The Balaban J connectivity index is 2.06. The summed E-state index contributed by atoms with van der Waals surface area (Å²) in [5.41, 5.74) is -1.81. The number of hydrogen-bond donors (Lipinski definition) is 3. The fraction of sp³-hybridized carbons (Fsp3) is 0.870. The SMILES string of the molecule is CCCC(C)NC(=O)C1N([C@@H](CO)CC(C)C)C(=O)[C@@H]2[C@@H](C(=O)NC)[C@@]3(C)CCC12O3. The molecule has 0 radical (unpaired) electrons. The lowest BCUT2D eigenvalue weighted by Crippen LogP contribution is -2.59. The smallest absolute Gasteiger partial charge is 0.246 e. The highest BCUT2D eigenvalue weighted by molar-refractivity contribution is 5.99. The van der Waals surface area contributed by atoms with Gasteiger partial charge in [-0.2, -0.15) is 0 Å². The van der Waals surface area contributed by atoms with Gasteiger partial charge in [0.1, 0.15) is 11.6 Å². The number of aliphatic hydroxyl groups is 1. The van der Waals surface area contributed by atoms with Gasteiger partial charge < -0.3 is 25.4 Å². The third-order valence-electron chi connectivity index (χ3n) is 7.45. The topological polar surface area (TPSA) is 108 Å². The Morgan fingerprint density at radius 1 is 1.26 bits per heavy atom. The molecule has 0 aromatic carbocycles. The Labute approximate surface area is 185 Å². The van der Waals surface area contributed by atoms with E-state index >= 15 is 0 Å². The van der Waals surface area contributed by atoms with Gasteiger partial charge in [0.05, 0.1) is 30.1 Å². The molecular formula is C23H39N3O5. The van der Waals surface area contributed by atoms with Gasteiger partial charge in [0, 0.05) is 13.1 Å². The van der Waals surface area contributed by atoms with Crippen LogP contribution >= 0.6 is 0 Å². The Hall–Kier alpha value is -1.67. The van der Waals surface area contributed by atoms with Crippen molar-refractivity contribution in [2.45, 2.75) is 96.1 Å². The van der Waals surface area contributed by atoms with Crippen LogP contribution in [0.1, 0.15) is 66.7 Å². The Morgan fingerprint density at radius 3 is 2.48 bits per heavy atom. The zero-order valence-corrected chi connectivity index (χ0v) is 19.7. The number of rotatable bonds is 9. The van der Waals surface area contributed by atoms with Crippen molar-refractivity contribution >= 4 is 17.7 Å². The van der Waals surface area contributed by atoms with E-state index in [1.54, 1.807) is 11.9 Å². The minimum Gasteiger partial charge on any atom is -0.394 e. The minimum atomic E-state index is -1.04. The quantitative estimate of drug-likeness (QED) is 0.503. The van der Waals surface area contributed by atoms with Crippen molar-refractivity contribution in [3.05, 3.63) is 0 Å². The molecule has 3 N–H and O–H groups in total. The van der Waals surface area contributed by atoms with Gasteiger partial charge in [0.25, 0.3) is 0 Å². The first kappa shape index (κ1) is 24.0. The van der Waals surface area contributed by atoms with E-state index in [0.717, 1.165) is 12.8 Å². The van der Waals surface area contributed by atoms with E-state index in [4.69, 9.17) is 4.74 Å². The number of ether oxygens (including phenoxy) is 1. The van der Waals surface area contributed by atoms with Gasteiger partial charge in [-0.15, -0.1) is 0 Å². The standard InChI is InChI=1S/C23H39N3O5/c1-7-8-14(4)25-20(29)18-23-10-9-22(5,31-23)16(19(28)24-6)17(23)21(30)26(18)15(12-27)11-13(2)3/h13-18,27H,7-12H2,1-6H3,(H,24,28)(H,25,29)/t14?,15-,16+,17+,18?,22-,23?/m1/s1. The van der Waals surface area contributed by atoms with Crippen LogP contribution in [0.2, 0.25) is 0 Å². The summed E-state index contributed by atoms with van der Waals surface area (Å²) in [5.74, 6) is -1.86. The van der Waals surface area contributed by atoms with E-state index < -0.39 is 35.1 Å². The molecule has 176 valence electrons. The van der Waals surface area contributed by atoms with Crippen LogP contribution in [0, 0.1) is 17.8 Å². The second-order valence-electron chi connectivity index (χ2n) is 10.3. The molecule has 3 saturated heterocycles. The molecule has 3 unspecified atom stereocenters. The molecule has 0 saturated carbocycles. The molecule has 1 spiro atoms. The van der Waals surface area contributed by atoms with Gasteiger partial charge in [-0.3, -0.25) is 14.4 Å². The highest BCUT2D eigenvalue weighted by atomic mass is 16.5. The van der Waals surface area contributed by atoms with Crippen molar-refractivity contribution in [1.29, 1.82) is 0 Å². The van der Waals surface area contributed by atoms with E-state index in [9.17, 15) is 19.5 Å². The number of likely N-dealkylation sites (tertiary alicyclic amines) is 1. The molecule has 3 rings (SSSR count). The van der Waals surface area contributed by atoms with Crippen LogP contribution in [0.25, 0.3) is 0 Å². The maximum Gasteiger partial charge on any atom is 0.246 e. The summed E-state index contributed by atoms with van der Waals surface area (Å²) in [7, 11) is 1.56. The minimum absolute atomic E-state index is 0.0356. The summed E-state index contributed by atoms with van der Waals surface area (Å²) in [6.45, 7) is 9.71. The molecule has 2 bridgehead atoms. The second kappa shape index (κ2) is 8.70. The van der Waals surface area contributed by atoms with Crippen molar-refractivity contribution in [3.63, 3.8) is 0 Å². The molecule has 8 nitrogen and oxygen atoms in total. The van der Waals surface area contributed by atoms with Crippen molar-refractivity contribution in [2.75, 3.05) is 13.7 Å². The predicted molar refractivity (Wildman–Crippen MR) is 116 cm³/mol. The zero-order valence-electron chi connectivity index (χ0n) is 19.7. The number of aliphatic hydroxyl groups excluding tert-OH is 1. The van der Waals surface area contributed by atoms with Gasteiger partial charge in [-0.1, -0.05) is 27.2 Å². The Bertz CT molecular complexity index is 728. The summed E-state index contributed by atoms with van der Waals surface area (Å²) in [4.78, 5) is 41.8. The fourth-order valence-corrected chi connectivity index (χ4v) is 6.26. The summed E-state index contributed by atoms with van der Waals surface area (Å²) < 4.78 is 6.52.